The summed E-state index contributed by atoms with van der Waals surface area (Å²) in [5.41, 5.74) is 0.0405. The Morgan fingerprint density at radius 2 is 2.10 bits per heavy atom. The largest absolute Gasteiger partial charge is 0.476 e. The predicted molar refractivity (Wildman–Crippen MR) is 74.4 cm³/mol. The first kappa shape index (κ1) is 16.3. The number of aromatic nitrogens is 2. The van der Waals surface area contributed by atoms with Gasteiger partial charge in [-0.2, -0.15) is 0 Å². The second kappa shape index (κ2) is 6.62. The molecule has 0 amide bonds. The van der Waals surface area contributed by atoms with Gasteiger partial charge in [0, 0.05) is 12.5 Å². The monoisotopic (exact) mass is 302 g/mol. The number of anilines is 1. The molecule has 20 heavy (non-hydrogen) atoms. The maximum Gasteiger partial charge on any atom is 0.356 e. The third-order valence-corrected chi connectivity index (χ3v) is 3.89. The van der Waals surface area contributed by atoms with Crippen LogP contribution in [0, 0.1) is 0 Å². The summed E-state index contributed by atoms with van der Waals surface area (Å²) < 4.78 is 24.7. The van der Waals surface area contributed by atoms with Crippen LogP contribution in [0.5, 0.6) is 0 Å². The minimum Gasteiger partial charge on any atom is -0.476 e. The Hall–Kier alpha value is -1.74. The number of hydrogen-bond donors (Lipinski definition) is 3. The number of nitrogens with zero attached hydrogens (tertiary/aromatic N) is 2. The lowest BCUT2D eigenvalue weighted by molar-refractivity contribution is 0.0691. The average molecular weight is 302 g/mol. The smallest absolute Gasteiger partial charge is 0.356 e. The lowest BCUT2D eigenvalue weighted by Gasteiger charge is -2.11. The van der Waals surface area contributed by atoms with Crippen molar-refractivity contribution in [3.8, 4) is 0 Å². The maximum absolute atomic E-state index is 11.3. The first-order valence-corrected chi connectivity index (χ1v) is 7.67. The summed E-state index contributed by atoms with van der Waals surface area (Å²) in [4.78, 5) is 19.2. The Kier molecular flexibility index (Phi) is 5.40. The Morgan fingerprint density at radius 3 is 2.60 bits per heavy atom. The standard InChI is InChI=1S/C11H18N4O4S/c1-7(2)10-14-6-8(9(15-10)11(16)17)13-4-5-20(18,19)12-3/h6-7,12-13H,4-5H2,1-3H3,(H,16,17). The molecule has 0 spiro atoms. The lowest BCUT2D eigenvalue weighted by Crippen LogP contribution is -2.26. The van der Waals surface area contributed by atoms with Crippen LogP contribution < -0.4 is 10.0 Å². The molecule has 0 aliphatic carbocycles. The molecule has 0 unspecified atom stereocenters. The van der Waals surface area contributed by atoms with Gasteiger partial charge in [-0.15, -0.1) is 0 Å². The number of carboxylic acids is 1. The van der Waals surface area contributed by atoms with E-state index in [2.05, 4.69) is 20.0 Å². The minimum absolute atomic E-state index is 0.00631. The van der Waals surface area contributed by atoms with Crippen molar-refractivity contribution in [1.29, 1.82) is 0 Å². The molecule has 1 rings (SSSR count). The zero-order chi connectivity index (χ0) is 15.3. The van der Waals surface area contributed by atoms with Crippen molar-refractivity contribution in [2.75, 3.05) is 24.7 Å². The Labute approximate surface area is 117 Å². The molecule has 0 radical (unpaired) electrons. The minimum atomic E-state index is -3.35. The fourth-order valence-electron chi connectivity index (χ4n) is 1.39. The van der Waals surface area contributed by atoms with Crippen molar-refractivity contribution < 1.29 is 18.3 Å². The van der Waals surface area contributed by atoms with Crippen molar-refractivity contribution in [3.05, 3.63) is 17.7 Å². The van der Waals surface area contributed by atoms with Crippen LogP contribution in [0.25, 0.3) is 0 Å². The molecular formula is C11H18N4O4S. The van der Waals surface area contributed by atoms with Gasteiger partial charge >= 0.3 is 5.97 Å². The number of aromatic carboxylic acids is 1. The van der Waals surface area contributed by atoms with E-state index in [1.54, 1.807) is 0 Å². The van der Waals surface area contributed by atoms with Crippen molar-refractivity contribution in [1.82, 2.24) is 14.7 Å². The maximum atomic E-state index is 11.3. The summed E-state index contributed by atoms with van der Waals surface area (Å²) in [7, 11) is -2.03. The number of carboxylic acid groups (broad SMARTS) is 1. The molecule has 3 N–H and O–H groups in total. The van der Waals surface area contributed by atoms with Gasteiger partial charge in [-0.25, -0.2) is 27.9 Å². The van der Waals surface area contributed by atoms with E-state index in [-0.39, 0.29) is 29.6 Å². The van der Waals surface area contributed by atoms with Gasteiger partial charge in [0.25, 0.3) is 0 Å². The Morgan fingerprint density at radius 1 is 1.45 bits per heavy atom. The van der Waals surface area contributed by atoms with Gasteiger partial charge in [-0.05, 0) is 7.05 Å². The zero-order valence-electron chi connectivity index (χ0n) is 11.5. The number of hydrogen-bond acceptors (Lipinski definition) is 6. The van der Waals surface area contributed by atoms with E-state index < -0.39 is 16.0 Å². The van der Waals surface area contributed by atoms with E-state index in [1.165, 1.54) is 13.2 Å². The first-order valence-electron chi connectivity index (χ1n) is 6.02. The van der Waals surface area contributed by atoms with E-state index in [4.69, 9.17) is 5.11 Å². The van der Waals surface area contributed by atoms with Crippen LogP contribution in [0.3, 0.4) is 0 Å². The van der Waals surface area contributed by atoms with Crippen molar-refractivity contribution >= 4 is 21.7 Å². The third kappa shape index (κ3) is 4.42. The molecule has 0 atom stereocenters. The van der Waals surface area contributed by atoms with Gasteiger partial charge in [0.15, 0.2) is 5.69 Å². The van der Waals surface area contributed by atoms with E-state index >= 15 is 0 Å². The molecule has 0 bridgehead atoms. The molecule has 0 aliphatic rings. The van der Waals surface area contributed by atoms with Gasteiger partial charge in [-0.1, -0.05) is 13.8 Å². The van der Waals surface area contributed by atoms with E-state index in [1.807, 2.05) is 13.8 Å². The predicted octanol–water partition coefficient (Wildman–Crippen LogP) is 0.259. The zero-order valence-corrected chi connectivity index (χ0v) is 12.4. The highest BCUT2D eigenvalue weighted by molar-refractivity contribution is 7.89. The van der Waals surface area contributed by atoms with Gasteiger partial charge < -0.3 is 10.4 Å². The number of rotatable bonds is 7. The van der Waals surface area contributed by atoms with Crippen molar-refractivity contribution in [2.24, 2.45) is 0 Å². The molecule has 112 valence electrons. The second-order valence-corrected chi connectivity index (χ2v) is 6.45. The highest BCUT2D eigenvalue weighted by atomic mass is 32.2. The lowest BCUT2D eigenvalue weighted by atomic mass is 10.2. The quantitative estimate of drug-likeness (QED) is 0.660. The molecule has 1 aromatic heterocycles. The number of nitrogens with one attached hydrogen (secondary N) is 2. The molecule has 0 saturated heterocycles. The molecule has 1 aromatic rings. The molecule has 1 heterocycles. The van der Waals surface area contributed by atoms with Gasteiger partial charge in [0.1, 0.15) is 5.82 Å². The van der Waals surface area contributed by atoms with Crippen LogP contribution in [-0.4, -0.2) is 48.8 Å². The molecular weight excluding hydrogens is 284 g/mol. The molecule has 8 nitrogen and oxygen atoms in total. The van der Waals surface area contributed by atoms with E-state index in [0.29, 0.717) is 5.82 Å². The number of sulfonamides is 1. The summed E-state index contributed by atoms with van der Waals surface area (Å²) >= 11 is 0. The summed E-state index contributed by atoms with van der Waals surface area (Å²) in [5, 5.41) is 11.8. The van der Waals surface area contributed by atoms with Crippen LogP contribution >= 0.6 is 0 Å². The van der Waals surface area contributed by atoms with Gasteiger partial charge in [-0.3, -0.25) is 0 Å². The van der Waals surface area contributed by atoms with Crippen LogP contribution in [0.4, 0.5) is 5.69 Å². The third-order valence-electron chi connectivity index (χ3n) is 2.52. The Bertz CT molecular complexity index is 586. The SMILES string of the molecule is CNS(=O)(=O)CCNc1cnc(C(C)C)nc1C(=O)O. The highest BCUT2D eigenvalue weighted by Gasteiger charge is 2.16. The molecule has 0 aliphatic heterocycles. The van der Waals surface area contributed by atoms with E-state index in [0.717, 1.165) is 0 Å². The van der Waals surface area contributed by atoms with Crippen LogP contribution in [0.2, 0.25) is 0 Å². The summed E-state index contributed by atoms with van der Waals surface area (Å²) in [6.07, 6.45) is 1.36. The summed E-state index contributed by atoms with van der Waals surface area (Å²) in [5.74, 6) is -0.926. The summed E-state index contributed by atoms with van der Waals surface area (Å²) in [6, 6.07) is 0. The molecule has 9 heteroatoms. The highest BCUT2D eigenvalue weighted by Crippen LogP contribution is 2.16. The second-order valence-electron chi connectivity index (χ2n) is 4.40. The van der Waals surface area contributed by atoms with Gasteiger partial charge in [0.05, 0.1) is 17.6 Å². The first-order chi connectivity index (χ1) is 9.26. The van der Waals surface area contributed by atoms with Crippen LogP contribution in [-0.2, 0) is 10.0 Å². The number of carbonyl (C=O) groups is 1. The van der Waals surface area contributed by atoms with Crippen molar-refractivity contribution in [2.45, 2.75) is 19.8 Å². The average Bonchev–Trinajstić information content (AvgIpc) is 2.38. The molecule has 0 aromatic carbocycles. The Balaban J connectivity index is 2.87. The normalized spacial score (nSPS) is 11.6. The fourth-order valence-corrected chi connectivity index (χ4v) is 1.96. The topological polar surface area (TPSA) is 121 Å². The van der Waals surface area contributed by atoms with Crippen LogP contribution in [0.1, 0.15) is 36.1 Å². The molecule has 0 fully saturated rings. The van der Waals surface area contributed by atoms with E-state index in [9.17, 15) is 13.2 Å². The van der Waals surface area contributed by atoms with Gasteiger partial charge in [0.2, 0.25) is 10.0 Å². The summed E-state index contributed by atoms with van der Waals surface area (Å²) in [6.45, 7) is 3.77. The van der Waals surface area contributed by atoms with Crippen LogP contribution in [0.15, 0.2) is 6.20 Å². The molecule has 0 saturated carbocycles. The fraction of sp³-hybridized carbons (Fsp3) is 0.545. The van der Waals surface area contributed by atoms with Crippen molar-refractivity contribution in [3.63, 3.8) is 0 Å².